The zero-order chi connectivity index (χ0) is 20.4. The number of urea groups is 1. The summed E-state index contributed by atoms with van der Waals surface area (Å²) in [6, 6.07) is 12.8. The van der Waals surface area contributed by atoms with Crippen molar-refractivity contribution in [1.29, 1.82) is 0 Å². The largest absolute Gasteiger partial charge is 0.323 e. The molecule has 9 nitrogen and oxygen atoms in total. The maximum absolute atomic E-state index is 12.8. The fourth-order valence-corrected chi connectivity index (χ4v) is 2.94. The molecule has 1 aromatic heterocycles. The predicted molar refractivity (Wildman–Crippen MR) is 106 cm³/mol. The highest BCUT2D eigenvalue weighted by Gasteiger charge is 2.19. The highest BCUT2D eigenvalue weighted by atomic mass is 16.6. The first-order chi connectivity index (χ1) is 13.3. The molecule has 2 amide bonds. The number of anilines is 2. The van der Waals surface area contributed by atoms with Gasteiger partial charge in [0.1, 0.15) is 5.69 Å². The maximum Gasteiger partial charge on any atom is 0.323 e. The van der Waals surface area contributed by atoms with E-state index in [-0.39, 0.29) is 16.9 Å². The van der Waals surface area contributed by atoms with Crippen LogP contribution in [-0.4, -0.2) is 20.3 Å². The van der Waals surface area contributed by atoms with Crippen LogP contribution in [0.4, 0.5) is 21.9 Å². The third-order valence-electron chi connectivity index (χ3n) is 4.54. The second-order valence-corrected chi connectivity index (χ2v) is 6.22. The topological polar surface area (TPSA) is 111 Å². The van der Waals surface area contributed by atoms with Crippen LogP contribution in [0.5, 0.6) is 0 Å². The lowest BCUT2D eigenvalue weighted by molar-refractivity contribution is -0.385. The van der Waals surface area contributed by atoms with Crippen molar-refractivity contribution in [3.63, 3.8) is 0 Å². The van der Waals surface area contributed by atoms with Crippen LogP contribution in [-0.2, 0) is 7.05 Å². The first-order valence-corrected chi connectivity index (χ1v) is 8.47. The second-order valence-electron chi connectivity index (χ2n) is 6.22. The third kappa shape index (κ3) is 3.37. The van der Waals surface area contributed by atoms with Crippen LogP contribution in [0.1, 0.15) is 11.3 Å². The van der Waals surface area contributed by atoms with Crippen LogP contribution < -0.4 is 16.2 Å². The van der Waals surface area contributed by atoms with Crippen molar-refractivity contribution in [2.75, 3.05) is 10.6 Å². The highest BCUT2D eigenvalue weighted by molar-refractivity contribution is 6.00. The number of aromatic nitrogens is 2. The number of benzene rings is 2. The van der Waals surface area contributed by atoms with E-state index in [0.29, 0.717) is 22.6 Å². The van der Waals surface area contributed by atoms with E-state index < -0.39 is 11.0 Å². The van der Waals surface area contributed by atoms with Crippen LogP contribution >= 0.6 is 0 Å². The Balaban J connectivity index is 1.89. The summed E-state index contributed by atoms with van der Waals surface area (Å²) in [6.07, 6.45) is 0. The summed E-state index contributed by atoms with van der Waals surface area (Å²) in [4.78, 5) is 35.8. The maximum atomic E-state index is 12.8. The van der Waals surface area contributed by atoms with Crippen molar-refractivity contribution in [3.8, 4) is 5.69 Å². The minimum atomic E-state index is -0.658. The van der Waals surface area contributed by atoms with Crippen LogP contribution in [0.25, 0.3) is 5.69 Å². The lowest BCUT2D eigenvalue weighted by Gasteiger charge is -2.09. The Kier molecular flexibility index (Phi) is 4.99. The normalized spacial score (nSPS) is 10.5. The Morgan fingerprint density at radius 1 is 1.04 bits per heavy atom. The van der Waals surface area contributed by atoms with Gasteiger partial charge < -0.3 is 10.6 Å². The van der Waals surface area contributed by atoms with Gasteiger partial charge in [-0.05, 0) is 32.0 Å². The number of nitrogens with zero attached hydrogens (tertiary/aromatic N) is 3. The van der Waals surface area contributed by atoms with Crippen LogP contribution in [0, 0.1) is 24.0 Å². The smallest absolute Gasteiger partial charge is 0.307 e. The second kappa shape index (κ2) is 7.39. The van der Waals surface area contributed by atoms with Gasteiger partial charge in [0.05, 0.1) is 27.6 Å². The van der Waals surface area contributed by atoms with Gasteiger partial charge in [0.15, 0.2) is 0 Å². The third-order valence-corrected chi connectivity index (χ3v) is 4.54. The standard InChI is InChI=1S/C19H19N5O4/c1-12-15(10-7-11-16(12)24(27)28)20-19(26)21-17-13(2)22(3)23(18(17)25)14-8-5-4-6-9-14/h4-11H,1-3H3,(H2,20,21,26). The Bertz CT molecular complexity index is 1120. The molecule has 0 atom stereocenters. The molecule has 28 heavy (non-hydrogen) atoms. The molecule has 0 saturated carbocycles. The molecule has 9 heteroatoms. The molecule has 3 aromatic rings. The number of carbonyl (C=O) groups is 1. The van der Waals surface area contributed by atoms with Gasteiger partial charge in [-0.2, -0.15) is 0 Å². The fraction of sp³-hybridized carbons (Fsp3) is 0.158. The molecule has 0 radical (unpaired) electrons. The summed E-state index contributed by atoms with van der Waals surface area (Å²) in [5.74, 6) is 0. The summed E-state index contributed by atoms with van der Waals surface area (Å²) >= 11 is 0. The lowest BCUT2D eigenvalue weighted by Crippen LogP contribution is -2.25. The number of rotatable bonds is 4. The van der Waals surface area contributed by atoms with Crippen molar-refractivity contribution < 1.29 is 9.72 Å². The number of nitrogens with one attached hydrogen (secondary N) is 2. The number of amides is 2. The zero-order valence-corrected chi connectivity index (χ0v) is 15.6. The van der Waals surface area contributed by atoms with Gasteiger partial charge >= 0.3 is 6.03 Å². The van der Waals surface area contributed by atoms with E-state index >= 15 is 0 Å². The molecule has 0 aliphatic carbocycles. The first kappa shape index (κ1) is 18.9. The quantitative estimate of drug-likeness (QED) is 0.533. The van der Waals surface area contributed by atoms with Crippen molar-refractivity contribution in [3.05, 3.63) is 80.3 Å². The summed E-state index contributed by atoms with van der Waals surface area (Å²) in [6.45, 7) is 3.26. The predicted octanol–water partition coefficient (Wildman–Crippen LogP) is 3.35. The van der Waals surface area contributed by atoms with E-state index in [2.05, 4.69) is 10.6 Å². The number of nitro benzene ring substituents is 1. The number of hydrogen-bond acceptors (Lipinski definition) is 4. The average molecular weight is 381 g/mol. The number of hydrogen-bond donors (Lipinski definition) is 2. The van der Waals surface area contributed by atoms with Gasteiger partial charge in [-0.1, -0.05) is 24.3 Å². The molecule has 0 saturated heterocycles. The first-order valence-electron chi connectivity index (χ1n) is 8.47. The minimum absolute atomic E-state index is 0.0971. The van der Waals surface area contributed by atoms with E-state index in [4.69, 9.17) is 0 Å². The molecular weight excluding hydrogens is 362 g/mol. The van der Waals surface area contributed by atoms with Gasteiger partial charge in [-0.15, -0.1) is 0 Å². The van der Waals surface area contributed by atoms with Gasteiger partial charge in [0.2, 0.25) is 0 Å². The molecule has 0 fully saturated rings. The molecule has 0 bridgehead atoms. The molecule has 3 rings (SSSR count). The Morgan fingerprint density at radius 2 is 1.71 bits per heavy atom. The van der Waals surface area contributed by atoms with E-state index in [0.717, 1.165) is 0 Å². The number of carbonyl (C=O) groups excluding carboxylic acids is 1. The van der Waals surface area contributed by atoms with Crippen molar-refractivity contribution >= 4 is 23.1 Å². The van der Waals surface area contributed by atoms with Crippen molar-refractivity contribution in [2.45, 2.75) is 13.8 Å². The summed E-state index contributed by atoms with van der Waals surface area (Å²) in [5, 5.41) is 16.2. The average Bonchev–Trinajstić information content (AvgIpc) is 2.87. The molecule has 0 unspecified atom stereocenters. The fourth-order valence-electron chi connectivity index (χ4n) is 2.94. The van der Waals surface area contributed by atoms with Gasteiger partial charge in [0, 0.05) is 13.1 Å². The van der Waals surface area contributed by atoms with E-state index in [9.17, 15) is 19.7 Å². The van der Waals surface area contributed by atoms with Gasteiger partial charge in [-0.25, -0.2) is 9.48 Å². The molecule has 2 aromatic carbocycles. The molecule has 1 heterocycles. The van der Waals surface area contributed by atoms with Crippen LogP contribution in [0.3, 0.4) is 0 Å². The van der Waals surface area contributed by atoms with Crippen molar-refractivity contribution in [1.82, 2.24) is 9.36 Å². The zero-order valence-electron chi connectivity index (χ0n) is 15.6. The Labute approximate surface area is 160 Å². The van der Waals surface area contributed by atoms with Crippen LogP contribution in [0.2, 0.25) is 0 Å². The van der Waals surface area contributed by atoms with Crippen molar-refractivity contribution in [2.24, 2.45) is 7.05 Å². The highest BCUT2D eigenvalue weighted by Crippen LogP contribution is 2.25. The molecule has 2 N–H and O–H groups in total. The van der Waals surface area contributed by atoms with E-state index in [1.165, 1.54) is 16.8 Å². The Hall–Kier alpha value is -3.88. The molecule has 0 aliphatic rings. The molecule has 0 aliphatic heterocycles. The van der Waals surface area contributed by atoms with Gasteiger partial charge in [-0.3, -0.25) is 19.6 Å². The monoisotopic (exact) mass is 381 g/mol. The molecule has 0 spiro atoms. The summed E-state index contributed by atoms with van der Waals surface area (Å²) in [7, 11) is 1.72. The van der Waals surface area contributed by atoms with E-state index in [1.807, 2.05) is 18.2 Å². The Morgan fingerprint density at radius 3 is 2.36 bits per heavy atom. The number of para-hydroxylation sites is 1. The SMILES string of the molecule is Cc1c(NC(=O)Nc2c(C)n(C)n(-c3ccccc3)c2=O)cccc1[N+](=O)[O-]. The van der Waals surface area contributed by atoms with Gasteiger partial charge in [0.25, 0.3) is 11.2 Å². The molecular formula is C19H19N5O4. The minimum Gasteiger partial charge on any atom is -0.307 e. The van der Waals surface area contributed by atoms with E-state index in [1.54, 1.807) is 43.8 Å². The lowest BCUT2D eigenvalue weighted by atomic mass is 10.1. The molecule has 144 valence electrons. The summed E-state index contributed by atoms with van der Waals surface area (Å²) in [5.41, 5.74) is 1.52. The van der Waals surface area contributed by atoms with Crippen LogP contribution in [0.15, 0.2) is 53.3 Å². The number of nitro groups is 1. The summed E-state index contributed by atoms with van der Waals surface area (Å²) < 4.78 is 3.09.